The van der Waals surface area contributed by atoms with Crippen LogP contribution in [-0.4, -0.2) is 22.1 Å². The number of nitrogens with one attached hydrogen (secondary N) is 1. The lowest BCUT2D eigenvalue weighted by molar-refractivity contribution is -0.139. The Kier molecular flexibility index (Phi) is 1.95. The van der Waals surface area contributed by atoms with Gasteiger partial charge < -0.3 is 14.9 Å². The third-order valence-electron chi connectivity index (χ3n) is 2.14. The van der Waals surface area contributed by atoms with Crippen molar-refractivity contribution in [3.8, 4) is 0 Å². The van der Waals surface area contributed by atoms with E-state index < -0.39 is 17.8 Å². The number of amides is 1. The van der Waals surface area contributed by atoms with E-state index >= 15 is 0 Å². The van der Waals surface area contributed by atoms with Gasteiger partial charge in [0.2, 0.25) is 5.91 Å². The second kappa shape index (κ2) is 3.13. The number of carboxylic acids is 1. The van der Waals surface area contributed by atoms with E-state index in [9.17, 15) is 9.59 Å². The summed E-state index contributed by atoms with van der Waals surface area (Å²) >= 11 is 0. The Morgan fingerprint density at radius 3 is 2.86 bits per heavy atom. The fourth-order valence-corrected chi connectivity index (χ4v) is 1.26. The van der Waals surface area contributed by atoms with Crippen LogP contribution >= 0.6 is 0 Å². The zero-order valence-corrected chi connectivity index (χ0v) is 7.14. The predicted octanol–water partition coefficient (Wildman–Crippen LogP) is 0.334. The van der Waals surface area contributed by atoms with Crippen molar-refractivity contribution in [2.24, 2.45) is 11.8 Å². The Labute approximate surface area is 78.9 Å². The van der Waals surface area contributed by atoms with Gasteiger partial charge in [0.1, 0.15) is 12.0 Å². The molecule has 1 aliphatic rings. The molecular formula is C8H8N2O4. The third-order valence-corrected chi connectivity index (χ3v) is 2.14. The number of aromatic nitrogens is 1. The summed E-state index contributed by atoms with van der Waals surface area (Å²) in [6, 6.07) is 0. The van der Waals surface area contributed by atoms with Crippen LogP contribution in [0.25, 0.3) is 0 Å². The molecule has 2 atom stereocenters. The van der Waals surface area contributed by atoms with Gasteiger partial charge in [-0.25, -0.2) is 0 Å². The summed E-state index contributed by atoms with van der Waals surface area (Å²) in [6.45, 7) is 0. The standard InChI is InChI=1S/C8H8N2O4/c11-7(5-1-6(5)8(12)13)10-4-2-9-14-3-4/h2-3,5-6H,1H2,(H,10,11)(H,12,13)/t5-,6+/m0/s1. The lowest BCUT2D eigenvalue weighted by Crippen LogP contribution is -2.16. The zero-order valence-electron chi connectivity index (χ0n) is 7.14. The Bertz CT molecular complexity index is 359. The van der Waals surface area contributed by atoms with Gasteiger partial charge in [-0.05, 0) is 6.42 Å². The first-order chi connectivity index (χ1) is 6.68. The SMILES string of the molecule is O=C(Nc1cnoc1)[C@H]1C[C@H]1C(=O)O. The molecule has 0 saturated heterocycles. The van der Waals surface area contributed by atoms with Crippen molar-refractivity contribution >= 4 is 17.6 Å². The molecule has 0 aromatic carbocycles. The van der Waals surface area contributed by atoms with Crippen molar-refractivity contribution in [2.45, 2.75) is 6.42 Å². The second-order valence-electron chi connectivity index (χ2n) is 3.19. The first-order valence-corrected chi connectivity index (χ1v) is 4.11. The van der Waals surface area contributed by atoms with Crippen LogP contribution in [0.3, 0.4) is 0 Å². The number of nitrogens with zero attached hydrogens (tertiary/aromatic N) is 1. The monoisotopic (exact) mass is 196 g/mol. The van der Waals surface area contributed by atoms with E-state index in [-0.39, 0.29) is 5.91 Å². The van der Waals surface area contributed by atoms with Crippen molar-refractivity contribution in [1.29, 1.82) is 0 Å². The van der Waals surface area contributed by atoms with Gasteiger partial charge in [-0.2, -0.15) is 0 Å². The molecule has 6 heteroatoms. The molecule has 0 radical (unpaired) electrons. The van der Waals surface area contributed by atoms with Gasteiger partial charge >= 0.3 is 5.97 Å². The summed E-state index contributed by atoms with van der Waals surface area (Å²) < 4.78 is 4.51. The van der Waals surface area contributed by atoms with Crippen LogP contribution in [0.4, 0.5) is 5.69 Å². The average Bonchev–Trinajstić information content (AvgIpc) is 2.80. The van der Waals surface area contributed by atoms with Crippen molar-refractivity contribution in [3.05, 3.63) is 12.5 Å². The Morgan fingerprint density at radius 2 is 2.36 bits per heavy atom. The normalized spacial score (nSPS) is 24.3. The molecule has 1 saturated carbocycles. The first-order valence-electron chi connectivity index (χ1n) is 4.11. The van der Waals surface area contributed by atoms with Crippen molar-refractivity contribution in [1.82, 2.24) is 5.16 Å². The number of hydrogen-bond donors (Lipinski definition) is 2. The molecule has 0 bridgehead atoms. The lowest BCUT2D eigenvalue weighted by Gasteiger charge is -1.98. The van der Waals surface area contributed by atoms with Crippen LogP contribution in [-0.2, 0) is 9.59 Å². The van der Waals surface area contributed by atoms with Crippen molar-refractivity contribution < 1.29 is 19.2 Å². The van der Waals surface area contributed by atoms with Crippen LogP contribution in [0, 0.1) is 11.8 Å². The molecular weight excluding hydrogens is 188 g/mol. The number of hydrogen-bond acceptors (Lipinski definition) is 4. The smallest absolute Gasteiger partial charge is 0.307 e. The van der Waals surface area contributed by atoms with E-state index in [2.05, 4.69) is 15.0 Å². The number of rotatable bonds is 3. The summed E-state index contributed by atoms with van der Waals surface area (Å²) in [4.78, 5) is 21.8. The van der Waals surface area contributed by atoms with Gasteiger partial charge in [-0.1, -0.05) is 5.16 Å². The van der Waals surface area contributed by atoms with Crippen LogP contribution in [0.5, 0.6) is 0 Å². The van der Waals surface area contributed by atoms with Crippen molar-refractivity contribution in [2.75, 3.05) is 5.32 Å². The Morgan fingerprint density at radius 1 is 1.57 bits per heavy atom. The number of carbonyl (C=O) groups excluding carboxylic acids is 1. The molecule has 74 valence electrons. The quantitative estimate of drug-likeness (QED) is 0.726. The van der Waals surface area contributed by atoms with Crippen LogP contribution < -0.4 is 5.32 Å². The molecule has 1 heterocycles. The van der Waals surface area contributed by atoms with Gasteiger partial charge in [-0.3, -0.25) is 9.59 Å². The summed E-state index contributed by atoms with van der Waals surface area (Å²) in [7, 11) is 0. The number of anilines is 1. The summed E-state index contributed by atoms with van der Waals surface area (Å²) in [6.07, 6.45) is 3.05. The van der Waals surface area contributed by atoms with E-state index in [1.807, 2.05) is 0 Å². The van der Waals surface area contributed by atoms with Crippen LogP contribution in [0.2, 0.25) is 0 Å². The number of carbonyl (C=O) groups is 2. The second-order valence-corrected chi connectivity index (χ2v) is 3.19. The van der Waals surface area contributed by atoms with Gasteiger partial charge in [-0.15, -0.1) is 0 Å². The molecule has 1 aliphatic carbocycles. The highest BCUT2D eigenvalue weighted by Gasteiger charge is 2.48. The third kappa shape index (κ3) is 1.59. The number of carboxylic acid groups (broad SMARTS) is 1. The van der Waals surface area contributed by atoms with Crippen LogP contribution in [0.15, 0.2) is 17.0 Å². The van der Waals surface area contributed by atoms with Gasteiger partial charge in [0.05, 0.1) is 18.0 Å². The Balaban J connectivity index is 1.90. The summed E-state index contributed by atoms with van der Waals surface area (Å²) in [5.41, 5.74) is 0.450. The highest BCUT2D eigenvalue weighted by atomic mass is 16.5. The lowest BCUT2D eigenvalue weighted by atomic mass is 10.3. The maximum Gasteiger partial charge on any atom is 0.307 e. The molecule has 0 spiro atoms. The topological polar surface area (TPSA) is 92.4 Å². The minimum absolute atomic E-state index is 0.291. The van der Waals surface area contributed by atoms with E-state index in [4.69, 9.17) is 5.11 Å². The number of aliphatic carboxylic acids is 1. The molecule has 14 heavy (non-hydrogen) atoms. The summed E-state index contributed by atoms with van der Waals surface area (Å²) in [5, 5.41) is 14.5. The molecule has 0 unspecified atom stereocenters. The minimum Gasteiger partial charge on any atom is -0.481 e. The van der Waals surface area contributed by atoms with Crippen LogP contribution in [0.1, 0.15) is 6.42 Å². The molecule has 0 aliphatic heterocycles. The first kappa shape index (κ1) is 8.74. The molecule has 1 fully saturated rings. The highest BCUT2D eigenvalue weighted by Crippen LogP contribution is 2.39. The molecule has 1 aromatic rings. The van der Waals surface area contributed by atoms with Gasteiger partial charge in [0.25, 0.3) is 0 Å². The maximum absolute atomic E-state index is 11.3. The van der Waals surface area contributed by atoms with E-state index in [1.54, 1.807) is 0 Å². The van der Waals surface area contributed by atoms with E-state index in [1.165, 1.54) is 12.5 Å². The predicted molar refractivity (Wildman–Crippen MR) is 44.4 cm³/mol. The van der Waals surface area contributed by atoms with Gasteiger partial charge in [0, 0.05) is 0 Å². The maximum atomic E-state index is 11.3. The largest absolute Gasteiger partial charge is 0.481 e. The van der Waals surface area contributed by atoms with E-state index in [0.717, 1.165) is 0 Å². The summed E-state index contributed by atoms with van der Waals surface area (Å²) in [5.74, 6) is -2.16. The average molecular weight is 196 g/mol. The Hall–Kier alpha value is -1.85. The minimum atomic E-state index is -0.921. The molecule has 1 amide bonds. The zero-order chi connectivity index (χ0) is 10.1. The van der Waals surface area contributed by atoms with E-state index in [0.29, 0.717) is 12.1 Å². The highest BCUT2D eigenvalue weighted by molar-refractivity contribution is 5.97. The van der Waals surface area contributed by atoms with Gasteiger partial charge in [0.15, 0.2) is 0 Å². The molecule has 1 aromatic heterocycles. The molecule has 2 rings (SSSR count). The fraction of sp³-hybridized carbons (Fsp3) is 0.375. The molecule has 6 nitrogen and oxygen atoms in total. The fourth-order valence-electron chi connectivity index (χ4n) is 1.26. The molecule has 2 N–H and O–H groups in total. The van der Waals surface area contributed by atoms with Crippen molar-refractivity contribution in [3.63, 3.8) is 0 Å².